The normalized spacial score (nSPS) is 13.8. The fraction of sp³-hybridized carbons (Fsp3) is 0. The van der Waals surface area contributed by atoms with Crippen molar-refractivity contribution in [2.45, 2.75) is 0 Å². The van der Waals surface area contributed by atoms with E-state index in [1.807, 2.05) is 30.4 Å². The lowest BCUT2D eigenvalue weighted by molar-refractivity contribution is 0.456. The van der Waals surface area contributed by atoms with Gasteiger partial charge in [-0.3, -0.25) is 4.99 Å². The van der Waals surface area contributed by atoms with Gasteiger partial charge in [0, 0.05) is 11.8 Å². The summed E-state index contributed by atoms with van der Waals surface area (Å²) in [7, 11) is 0. The summed E-state index contributed by atoms with van der Waals surface area (Å²) in [6.07, 6.45) is 5.65. The molecule has 3 rings (SSSR count). The Morgan fingerprint density at radius 1 is 1.41 bits per heavy atom. The van der Waals surface area contributed by atoms with E-state index in [0.29, 0.717) is 3.95 Å². The zero-order valence-electron chi connectivity index (χ0n) is 8.68. The first-order valence-electron chi connectivity index (χ1n) is 5.01. The molecule has 2 aromatic rings. The van der Waals surface area contributed by atoms with E-state index in [1.54, 1.807) is 6.20 Å². The highest BCUT2D eigenvalue weighted by molar-refractivity contribution is 7.73. The number of thiazole rings is 1. The van der Waals surface area contributed by atoms with Crippen molar-refractivity contribution in [3.8, 4) is 5.88 Å². The van der Waals surface area contributed by atoms with Crippen LogP contribution in [0.2, 0.25) is 0 Å². The first-order chi connectivity index (χ1) is 8.22. The molecule has 0 radical (unpaired) electrons. The molecule has 1 aromatic heterocycles. The van der Waals surface area contributed by atoms with Crippen LogP contribution in [0.3, 0.4) is 0 Å². The maximum absolute atomic E-state index is 9.61. The lowest BCUT2D eigenvalue weighted by atomic mass is 10.2. The third-order valence-electron chi connectivity index (χ3n) is 2.47. The Hall–Kier alpha value is -1.72. The summed E-state index contributed by atoms with van der Waals surface area (Å²) < 4.78 is 0.574. The molecule has 5 heteroatoms. The van der Waals surface area contributed by atoms with Gasteiger partial charge in [-0.1, -0.05) is 6.07 Å². The minimum Gasteiger partial charge on any atom is -0.494 e. The monoisotopic (exact) mass is 260 g/mol. The molecule has 84 valence electrons. The van der Waals surface area contributed by atoms with Gasteiger partial charge >= 0.3 is 0 Å². The zero-order valence-corrected chi connectivity index (χ0v) is 10.3. The van der Waals surface area contributed by atoms with Crippen molar-refractivity contribution in [2.75, 3.05) is 0 Å². The Labute approximate surface area is 106 Å². The van der Waals surface area contributed by atoms with Crippen LogP contribution >= 0.6 is 23.6 Å². The lowest BCUT2D eigenvalue weighted by Gasteiger charge is -1.91. The number of aromatic amines is 1. The fourth-order valence-corrected chi connectivity index (χ4v) is 2.75. The number of H-pyrrole nitrogens is 1. The molecule has 1 aromatic carbocycles. The highest BCUT2D eigenvalue weighted by Crippen LogP contribution is 2.21. The van der Waals surface area contributed by atoms with Crippen molar-refractivity contribution in [1.82, 2.24) is 4.98 Å². The van der Waals surface area contributed by atoms with Gasteiger partial charge in [0.2, 0.25) is 5.88 Å². The first-order valence-corrected chi connectivity index (χ1v) is 6.23. The maximum atomic E-state index is 9.61. The van der Waals surface area contributed by atoms with Crippen LogP contribution in [-0.2, 0) is 0 Å². The van der Waals surface area contributed by atoms with Crippen LogP contribution < -0.4 is 10.6 Å². The molecule has 3 nitrogen and oxygen atoms in total. The van der Waals surface area contributed by atoms with Crippen LogP contribution in [0.5, 0.6) is 5.88 Å². The molecule has 0 bridgehead atoms. The summed E-state index contributed by atoms with van der Waals surface area (Å²) >= 11 is 6.33. The number of aromatic hydroxyl groups is 1. The molecule has 2 N–H and O–H groups in total. The predicted molar refractivity (Wildman–Crippen MR) is 71.0 cm³/mol. The van der Waals surface area contributed by atoms with Gasteiger partial charge in [0.1, 0.15) is 0 Å². The number of fused-ring (bicyclic) bond motifs is 1. The Morgan fingerprint density at radius 2 is 2.29 bits per heavy atom. The summed E-state index contributed by atoms with van der Waals surface area (Å²) in [6.45, 7) is 0. The number of benzene rings is 1. The highest BCUT2D eigenvalue weighted by Gasteiger charge is 2.01. The Morgan fingerprint density at radius 3 is 3.06 bits per heavy atom. The van der Waals surface area contributed by atoms with Crippen LogP contribution in [0.25, 0.3) is 12.2 Å². The number of aromatic nitrogens is 1. The lowest BCUT2D eigenvalue weighted by Crippen LogP contribution is -2.09. The Kier molecular flexibility index (Phi) is 2.42. The van der Waals surface area contributed by atoms with Gasteiger partial charge in [-0.15, -0.1) is 11.3 Å². The van der Waals surface area contributed by atoms with Crippen molar-refractivity contribution < 1.29 is 5.11 Å². The molecule has 0 aliphatic carbocycles. The van der Waals surface area contributed by atoms with Crippen LogP contribution in [0, 0.1) is 3.95 Å². The minimum atomic E-state index is 0.126. The topological polar surface area (TPSA) is 48.4 Å². The van der Waals surface area contributed by atoms with Crippen molar-refractivity contribution in [3.05, 3.63) is 49.4 Å². The largest absolute Gasteiger partial charge is 0.494 e. The molecule has 0 saturated carbocycles. The number of hydrogen-bond donors (Lipinski definition) is 2. The summed E-state index contributed by atoms with van der Waals surface area (Å²) in [4.78, 5) is 7.65. The van der Waals surface area contributed by atoms with Gasteiger partial charge in [-0.2, -0.15) is 0 Å². The number of hydrogen-bond acceptors (Lipinski definition) is 4. The average Bonchev–Trinajstić information content (AvgIpc) is 2.85. The molecule has 0 fully saturated rings. The van der Waals surface area contributed by atoms with E-state index >= 15 is 0 Å². The minimum absolute atomic E-state index is 0.126. The number of nitrogens with one attached hydrogen (secondary N) is 1. The van der Waals surface area contributed by atoms with E-state index in [1.165, 1.54) is 11.3 Å². The molecular weight excluding hydrogens is 252 g/mol. The second-order valence-electron chi connectivity index (χ2n) is 3.63. The molecule has 0 atom stereocenters. The van der Waals surface area contributed by atoms with Crippen molar-refractivity contribution in [1.29, 1.82) is 0 Å². The molecule has 17 heavy (non-hydrogen) atoms. The third-order valence-corrected chi connectivity index (χ3v) is 3.64. The van der Waals surface area contributed by atoms with Gasteiger partial charge in [-0.25, -0.2) is 0 Å². The predicted octanol–water partition coefficient (Wildman–Crippen LogP) is 1.94. The Bertz CT molecular complexity index is 784. The summed E-state index contributed by atoms with van der Waals surface area (Å²) in [5.41, 5.74) is 1.09. The van der Waals surface area contributed by atoms with Crippen LogP contribution in [0.1, 0.15) is 10.4 Å². The maximum Gasteiger partial charge on any atom is 0.207 e. The standard InChI is InChI=1S/C12H8N2OS2/c15-11-10(17-12(16)14-11)6-7-1-2-9-8(5-7)3-4-13-9/h1-6,15H,(H,14,16). The highest BCUT2D eigenvalue weighted by atomic mass is 32.1. The quantitative estimate of drug-likeness (QED) is 0.770. The summed E-state index contributed by atoms with van der Waals surface area (Å²) in [5, 5.41) is 11.6. The van der Waals surface area contributed by atoms with E-state index in [9.17, 15) is 5.11 Å². The second kappa shape index (κ2) is 3.94. The van der Waals surface area contributed by atoms with Crippen molar-refractivity contribution in [3.63, 3.8) is 0 Å². The fourth-order valence-electron chi connectivity index (χ4n) is 1.69. The first kappa shape index (κ1) is 10.4. The van der Waals surface area contributed by atoms with Gasteiger partial charge in [0.15, 0.2) is 3.95 Å². The molecule has 2 heterocycles. The van der Waals surface area contributed by atoms with Crippen molar-refractivity contribution in [2.24, 2.45) is 4.99 Å². The summed E-state index contributed by atoms with van der Waals surface area (Å²) in [6, 6.07) is 5.96. The van der Waals surface area contributed by atoms with Crippen LogP contribution in [0.4, 0.5) is 0 Å². The smallest absolute Gasteiger partial charge is 0.207 e. The van der Waals surface area contributed by atoms with Crippen molar-refractivity contribution >= 4 is 35.7 Å². The molecule has 0 spiro atoms. The van der Waals surface area contributed by atoms with E-state index < -0.39 is 0 Å². The summed E-state index contributed by atoms with van der Waals surface area (Å²) in [5.74, 6) is 0.126. The molecular formula is C12H8N2OS2. The third kappa shape index (κ3) is 1.94. The van der Waals surface area contributed by atoms with E-state index in [0.717, 1.165) is 21.0 Å². The van der Waals surface area contributed by atoms with Crippen LogP contribution in [0.15, 0.2) is 29.4 Å². The van der Waals surface area contributed by atoms with E-state index in [2.05, 4.69) is 9.98 Å². The molecule has 0 saturated heterocycles. The molecule has 1 aliphatic heterocycles. The van der Waals surface area contributed by atoms with Gasteiger partial charge in [0.25, 0.3) is 0 Å². The SMILES string of the molecule is Oc1[nH]c(=S)sc1C=c1ccc2c(c1)C=CN=2. The van der Waals surface area contributed by atoms with Gasteiger partial charge < -0.3 is 10.1 Å². The van der Waals surface area contributed by atoms with E-state index in [4.69, 9.17) is 12.2 Å². The average molecular weight is 260 g/mol. The van der Waals surface area contributed by atoms with Crippen LogP contribution in [-0.4, -0.2) is 10.1 Å². The Balaban J connectivity index is 2.17. The molecule has 1 aliphatic rings. The van der Waals surface area contributed by atoms with Gasteiger partial charge in [-0.05, 0) is 41.7 Å². The van der Waals surface area contributed by atoms with E-state index in [-0.39, 0.29) is 5.88 Å². The second-order valence-corrected chi connectivity index (χ2v) is 5.35. The number of nitrogens with zero attached hydrogens (tertiary/aromatic N) is 1. The van der Waals surface area contributed by atoms with Gasteiger partial charge in [0.05, 0.1) is 10.2 Å². The molecule has 0 unspecified atom stereocenters. The zero-order chi connectivity index (χ0) is 11.8. The number of rotatable bonds is 1. The molecule has 0 amide bonds.